The van der Waals surface area contributed by atoms with Gasteiger partial charge in [-0.2, -0.15) is 0 Å². The SMILES string of the molecule is C=CCOc1ccc(/C=C2\C(=O)NC(=O)N(c3ccccc3Cl)C2=O)cc1. The molecule has 1 fully saturated rings. The molecular weight excluding hydrogens is 368 g/mol. The molecule has 1 heterocycles. The molecule has 136 valence electrons. The molecule has 2 aromatic carbocycles. The number of nitrogens with one attached hydrogen (secondary N) is 1. The first-order chi connectivity index (χ1) is 13.0. The predicted octanol–water partition coefficient (Wildman–Crippen LogP) is 3.57. The monoisotopic (exact) mass is 382 g/mol. The highest BCUT2D eigenvalue weighted by molar-refractivity contribution is 6.42. The van der Waals surface area contributed by atoms with Gasteiger partial charge < -0.3 is 4.74 Å². The van der Waals surface area contributed by atoms with Gasteiger partial charge in [0.2, 0.25) is 0 Å². The third kappa shape index (κ3) is 3.91. The van der Waals surface area contributed by atoms with Crippen molar-refractivity contribution in [3.63, 3.8) is 0 Å². The van der Waals surface area contributed by atoms with Crippen LogP contribution in [0.15, 0.2) is 66.8 Å². The number of anilines is 1. The summed E-state index contributed by atoms with van der Waals surface area (Å²) in [6, 6.07) is 12.4. The number of hydrogen-bond donors (Lipinski definition) is 1. The Morgan fingerprint density at radius 3 is 2.44 bits per heavy atom. The maximum atomic E-state index is 12.8. The van der Waals surface area contributed by atoms with Crippen molar-refractivity contribution < 1.29 is 19.1 Å². The second-order valence-corrected chi connectivity index (χ2v) is 5.99. The van der Waals surface area contributed by atoms with E-state index in [2.05, 4.69) is 11.9 Å². The summed E-state index contributed by atoms with van der Waals surface area (Å²) in [6.07, 6.45) is 3.03. The molecule has 0 bridgehead atoms. The molecule has 27 heavy (non-hydrogen) atoms. The van der Waals surface area contributed by atoms with Crippen LogP contribution in [-0.4, -0.2) is 24.5 Å². The second kappa shape index (κ2) is 7.88. The zero-order valence-electron chi connectivity index (χ0n) is 14.1. The number of ether oxygens (including phenoxy) is 1. The Kier molecular flexibility index (Phi) is 5.38. The standard InChI is InChI=1S/C20H15ClN2O4/c1-2-11-27-14-9-7-13(8-10-14)12-15-18(24)22-20(26)23(19(15)25)17-6-4-3-5-16(17)21/h2-10,12H,1,11H2,(H,22,24,26)/b15-12+. The molecule has 0 atom stereocenters. The van der Waals surface area contributed by atoms with Crippen LogP contribution in [0, 0.1) is 0 Å². The average molecular weight is 383 g/mol. The fraction of sp³-hybridized carbons (Fsp3) is 0.0500. The van der Waals surface area contributed by atoms with Crippen molar-refractivity contribution >= 4 is 41.2 Å². The number of hydrogen-bond acceptors (Lipinski definition) is 4. The van der Waals surface area contributed by atoms with Crippen molar-refractivity contribution in [2.24, 2.45) is 0 Å². The van der Waals surface area contributed by atoms with Gasteiger partial charge in [0.15, 0.2) is 0 Å². The summed E-state index contributed by atoms with van der Waals surface area (Å²) in [6.45, 7) is 3.94. The molecule has 6 nitrogen and oxygen atoms in total. The molecule has 1 saturated heterocycles. The Morgan fingerprint density at radius 1 is 1.07 bits per heavy atom. The van der Waals surface area contributed by atoms with E-state index in [1.165, 1.54) is 12.1 Å². The summed E-state index contributed by atoms with van der Waals surface area (Å²) < 4.78 is 5.39. The van der Waals surface area contributed by atoms with Gasteiger partial charge in [0.05, 0.1) is 10.7 Å². The van der Waals surface area contributed by atoms with Gasteiger partial charge >= 0.3 is 6.03 Å². The van der Waals surface area contributed by atoms with Crippen molar-refractivity contribution in [1.82, 2.24) is 5.32 Å². The van der Waals surface area contributed by atoms with E-state index in [1.807, 2.05) is 0 Å². The smallest absolute Gasteiger partial charge is 0.335 e. The molecular formula is C20H15ClN2O4. The van der Waals surface area contributed by atoms with Crippen LogP contribution in [0.25, 0.3) is 6.08 Å². The number of rotatable bonds is 5. The number of para-hydroxylation sites is 1. The average Bonchev–Trinajstić information content (AvgIpc) is 2.66. The minimum absolute atomic E-state index is 0.172. The largest absolute Gasteiger partial charge is 0.490 e. The third-order valence-electron chi connectivity index (χ3n) is 3.75. The first-order valence-corrected chi connectivity index (χ1v) is 8.39. The number of benzene rings is 2. The number of carbonyl (C=O) groups is 3. The fourth-order valence-electron chi connectivity index (χ4n) is 2.49. The predicted molar refractivity (Wildman–Crippen MR) is 103 cm³/mol. The summed E-state index contributed by atoms with van der Waals surface area (Å²) in [5.74, 6) is -0.881. The molecule has 1 aliphatic rings. The van der Waals surface area contributed by atoms with E-state index in [0.717, 1.165) is 4.90 Å². The third-order valence-corrected chi connectivity index (χ3v) is 4.07. The van der Waals surface area contributed by atoms with Crippen molar-refractivity contribution in [2.75, 3.05) is 11.5 Å². The zero-order valence-corrected chi connectivity index (χ0v) is 14.9. The van der Waals surface area contributed by atoms with Crippen LogP contribution in [0.2, 0.25) is 5.02 Å². The van der Waals surface area contributed by atoms with Crippen molar-refractivity contribution in [1.29, 1.82) is 0 Å². The number of halogens is 1. The lowest BCUT2D eigenvalue weighted by atomic mass is 10.1. The minimum atomic E-state index is -0.844. The molecule has 0 aromatic heterocycles. The molecule has 3 rings (SSSR count). The van der Waals surface area contributed by atoms with E-state index in [4.69, 9.17) is 16.3 Å². The molecule has 7 heteroatoms. The van der Waals surface area contributed by atoms with Gasteiger partial charge in [-0.05, 0) is 35.9 Å². The van der Waals surface area contributed by atoms with Crippen molar-refractivity contribution in [3.05, 3.63) is 77.3 Å². The molecule has 1 aliphatic heterocycles. The lowest BCUT2D eigenvalue weighted by Gasteiger charge is -2.27. The van der Waals surface area contributed by atoms with Crippen LogP contribution in [0.1, 0.15) is 5.56 Å². The fourth-order valence-corrected chi connectivity index (χ4v) is 2.71. The van der Waals surface area contributed by atoms with Gasteiger partial charge in [0.25, 0.3) is 11.8 Å². The number of imide groups is 2. The topological polar surface area (TPSA) is 75.7 Å². The number of nitrogens with zero attached hydrogens (tertiary/aromatic N) is 1. The quantitative estimate of drug-likeness (QED) is 0.487. The van der Waals surface area contributed by atoms with Crippen LogP contribution in [0.3, 0.4) is 0 Å². The Labute approximate surface area is 160 Å². The van der Waals surface area contributed by atoms with Gasteiger partial charge in [0, 0.05) is 0 Å². The van der Waals surface area contributed by atoms with Gasteiger partial charge in [0.1, 0.15) is 17.9 Å². The Balaban J connectivity index is 1.92. The molecule has 2 aromatic rings. The van der Waals surface area contributed by atoms with E-state index >= 15 is 0 Å². The van der Waals surface area contributed by atoms with Crippen LogP contribution < -0.4 is 15.0 Å². The van der Waals surface area contributed by atoms with Crippen LogP contribution in [0.4, 0.5) is 10.5 Å². The number of urea groups is 1. The summed E-state index contributed by atoms with van der Waals surface area (Å²) in [5.41, 5.74) is 0.635. The van der Waals surface area contributed by atoms with Gasteiger partial charge in [-0.15, -0.1) is 0 Å². The van der Waals surface area contributed by atoms with E-state index in [-0.39, 0.29) is 16.3 Å². The van der Waals surface area contributed by atoms with Gasteiger partial charge in [-0.25, -0.2) is 9.69 Å². The van der Waals surface area contributed by atoms with Crippen molar-refractivity contribution in [2.45, 2.75) is 0 Å². The number of carbonyl (C=O) groups excluding carboxylic acids is 3. The molecule has 0 radical (unpaired) electrons. The number of amides is 4. The van der Waals surface area contributed by atoms with Gasteiger partial charge in [-0.3, -0.25) is 14.9 Å². The maximum absolute atomic E-state index is 12.8. The Morgan fingerprint density at radius 2 is 1.78 bits per heavy atom. The minimum Gasteiger partial charge on any atom is -0.490 e. The molecule has 1 N–H and O–H groups in total. The molecule has 0 unspecified atom stereocenters. The van der Waals surface area contributed by atoms with Crippen LogP contribution >= 0.6 is 11.6 Å². The Hall–Kier alpha value is -3.38. The molecule has 0 spiro atoms. The first kappa shape index (κ1) is 18.4. The molecule has 0 aliphatic carbocycles. The summed E-state index contributed by atoms with van der Waals surface area (Å²) in [5, 5.41) is 2.38. The van der Waals surface area contributed by atoms with E-state index in [0.29, 0.717) is 17.9 Å². The normalized spacial score (nSPS) is 15.7. The maximum Gasteiger partial charge on any atom is 0.335 e. The Bertz CT molecular complexity index is 951. The summed E-state index contributed by atoms with van der Waals surface area (Å²) in [7, 11) is 0. The van der Waals surface area contributed by atoms with E-state index < -0.39 is 17.8 Å². The second-order valence-electron chi connectivity index (χ2n) is 5.58. The van der Waals surface area contributed by atoms with E-state index in [9.17, 15) is 14.4 Å². The lowest BCUT2D eigenvalue weighted by molar-refractivity contribution is -0.122. The highest BCUT2D eigenvalue weighted by Gasteiger charge is 2.37. The zero-order chi connectivity index (χ0) is 19.4. The summed E-state index contributed by atoms with van der Waals surface area (Å²) in [4.78, 5) is 38.0. The first-order valence-electron chi connectivity index (χ1n) is 8.01. The highest BCUT2D eigenvalue weighted by Crippen LogP contribution is 2.28. The van der Waals surface area contributed by atoms with E-state index in [1.54, 1.807) is 48.5 Å². The lowest BCUT2D eigenvalue weighted by Crippen LogP contribution is -2.54. The summed E-state index contributed by atoms with van der Waals surface area (Å²) >= 11 is 6.09. The van der Waals surface area contributed by atoms with Crippen molar-refractivity contribution in [3.8, 4) is 5.75 Å². The molecule has 4 amide bonds. The molecule has 0 saturated carbocycles. The number of barbiturate groups is 1. The van der Waals surface area contributed by atoms with Crippen LogP contribution in [-0.2, 0) is 9.59 Å². The van der Waals surface area contributed by atoms with Crippen LogP contribution in [0.5, 0.6) is 5.75 Å². The van der Waals surface area contributed by atoms with Gasteiger partial charge in [-0.1, -0.05) is 48.5 Å². The highest BCUT2D eigenvalue weighted by atomic mass is 35.5.